The van der Waals surface area contributed by atoms with Crippen molar-refractivity contribution in [1.29, 1.82) is 0 Å². The molecular formula is C22H36N2O2S. The molecule has 2 saturated heterocycles. The lowest BCUT2D eigenvalue weighted by molar-refractivity contribution is -0.140. The molecule has 152 valence electrons. The summed E-state index contributed by atoms with van der Waals surface area (Å²) in [6, 6.07) is 0. The van der Waals surface area contributed by atoms with E-state index in [9.17, 15) is 9.59 Å². The van der Waals surface area contributed by atoms with Crippen LogP contribution in [-0.4, -0.2) is 51.9 Å². The first-order chi connectivity index (χ1) is 13.2. The Bertz CT molecular complexity index is 532. The first-order valence-electron chi connectivity index (χ1n) is 11.4. The lowest BCUT2D eigenvalue weighted by Gasteiger charge is -2.45. The number of thioether (sulfide) groups is 1. The molecule has 0 N–H and O–H groups in total. The molecule has 2 aliphatic carbocycles. The van der Waals surface area contributed by atoms with Crippen LogP contribution in [0.15, 0.2) is 0 Å². The number of hydrogen-bond donors (Lipinski definition) is 0. The molecule has 4 fully saturated rings. The van der Waals surface area contributed by atoms with Crippen molar-refractivity contribution in [2.75, 3.05) is 25.4 Å². The van der Waals surface area contributed by atoms with Gasteiger partial charge in [0.25, 0.3) is 0 Å². The van der Waals surface area contributed by atoms with Crippen molar-refractivity contribution in [3.05, 3.63) is 0 Å². The molecular weight excluding hydrogens is 356 g/mol. The third-order valence-corrected chi connectivity index (χ3v) is 9.08. The summed E-state index contributed by atoms with van der Waals surface area (Å²) in [6.07, 6.45) is 15.0. The Morgan fingerprint density at radius 2 is 1.56 bits per heavy atom. The SMILES string of the molecule is O=C(C1CCCCC1)N1CCC2(CC1)SCCN2C(=O)CCC1CCCC1. The molecule has 4 nitrogen and oxygen atoms in total. The van der Waals surface area contributed by atoms with Gasteiger partial charge >= 0.3 is 0 Å². The maximum atomic E-state index is 13.0. The standard InChI is InChI=1S/C22H36N2O2S/c25-20(11-10-18-6-4-5-7-18)24-16-17-27-22(24)12-14-23(15-13-22)21(26)19-8-2-1-3-9-19/h18-19H,1-17H2. The van der Waals surface area contributed by atoms with Gasteiger partial charge in [0.1, 0.15) is 0 Å². The molecule has 5 heteroatoms. The minimum Gasteiger partial charge on any atom is -0.342 e. The fraction of sp³-hybridized carbons (Fsp3) is 0.909. The van der Waals surface area contributed by atoms with E-state index in [2.05, 4.69) is 9.80 Å². The molecule has 0 bridgehead atoms. The lowest BCUT2D eigenvalue weighted by atomic mass is 9.87. The van der Waals surface area contributed by atoms with Crippen molar-refractivity contribution in [1.82, 2.24) is 9.80 Å². The van der Waals surface area contributed by atoms with E-state index in [1.54, 1.807) is 0 Å². The summed E-state index contributed by atoms with van der Waals surface area (Å²) in [7, 11) is 0. The summed E-state index contributed by atoms with van der Waals surface area (Å²) >= 11 is 1.98. The van der Waals surface area contributed by atoms with Crippen LogP contribution in [0, 0.1) is 11.8 Å². The second kappa shape index (κ2) is 8.75. The highest BCUT2D eigenvalue weighted by molar-refractivity contribution is 8.00. The van der Waals surface area contributed by atoms with Crippen LogP contribution < -0.4 is 0 Å². The molecule has 0 atom stereocenters. The zero-order valence-electron chi connectivity index (χ0n) is 16.8. The fourth-order valence-electron chi connectivity index (χ4n) is 5.82. The van der Waals surface area contributed by atoms with Crippen LogP contribution in [0.25, 0.3) is 0 Å². The summed E-state index contributed by atoms with van der Waals surface area (Å²) in [6.45, 7) is 2.59. The highest BCUT2D eigenvalue weighted by Gasteiger charge is 2.47. The maximum Gasteiger partial charge on any atom is 0.225 e. The van der Waals surface area contributed by atoms with E-state index in [0.29, 0.717) is 11.8 Å². The second-order valence-electron chi connectivity index (χ2n) is 9.19. The Morgan fingerprint density at radius 3 is 2.26 bits per heavy atom. The summed E-state index contributed by atoms with van der Waals surface area (Å²) in [5.74, 6) is 2.89. The van der Waals surface area contributed by atoms with Gasteiger partial charge in [-0.3, -0.25) is 9.59 Å². The quantitative estimate of drug-likeness (QED) is 0.710. The minimum atomic E-state index is -0.0178. The van der Waals surface area contributed by atoms with Crippen LogP contribution >= 0.6 is 11.8 Å². The fourth-order valence-corrected chi connectivity index (χ4v) is 7.29. The molecule has 0 aromatic rings. The van der Waals surface area contributed by atoms with Gasteiger partial charge in [-0.05, 0) is 38.0 Å². The minimum absolute atomic E-state index is 0.0178. The summed E-state index contributed by atoms with van der Waals surface area (Å²) in [5.41, 5.74) is 0. The van der Waals surface area contributed by atoms with E-state index in [4.69, 9.17) is 0 Å². The van der Waals surface area contributed by atoms with Gasteiger partial charge in [0.05, 0.1) is 4.87 Å². The molecule has 27 heavy (non-hydrogen) atoms. The normalized spacial score (nSPS) is 26.8. The zero-order chi connectivity index (χ0) is 18.7. The van der Waals surface area contributed by atoms with Crippen LogP contribution in [-0.2, 0) is 9.59 Å². The van der Waals surface area contributed by atoms with Crippen molar-refractivity contribution >= 4 is 23.6 Å². The Labute approximate surface area is 168 Å². The zero-order valence-corrected chi connectivity index (χ0v) is 17.6. The molecule has 1 spiro atoms. The highest BCUT2D eigenvalue weighted by atomic mass is 32.2. The van der Waals surface area contributed by atoms with E-state index in [-0.39, 0.29) is 10.8 Å². The van der Waals surface area contributed by atoms with E-state index >= 15 is 0 Å². The third kappa shape index (κ3) is 4.33. The van der Waals surface area contributed by atoms with Gasteiger partial charge in [-0.15, -0.1) is 11.8 Å². The van der Waals surface area contributed by atoms with Crippen molar-refractivity contribution in [2.24, 2.45) is 11.8 Å². The number of amides is 2. The van der Waals surface area contributed by atoms with E-state index < -0.39 is 0 Å². The smallest absolute Gasteiger partial charge is 0.225 e. The number of carbonyl (C=O) groups excluding carboxylic acids is 2. The van der Waals surface area contributed by atoms with Crippen LogP contribution in [0.2, 0.25) is 0 Å². The van der Waals surface area contributed by atoms with Gasteiger partial charge < -0.3 is 9.80 Å². The monoisotopic (exact) mass is 392 g/mol. The largest absolute Gasteiger partial charge is 0.342 e. The van der Waals surface area contributed by atoms with Crippen LogP contribution in [0.1, 0.15) is 83.5 Å². The number of nitrogens with zero attached hydrogens (tertiary/aromatic N) is 2. The number of hydrogen-bond acceptors (Lipinski definition) is 3. The van der Waals surface area contributed by atoms with Gasteiger partial charge in [0.2, 0.25) is 11.8 Å². The van der Waals surface area contributed by atoms with Crippen LogP contribution in [0.5, 0.6) is 0 Å². The van der Waals surface area contributed by atoms with Crippen molar-refractivity contribution in [3.8, 4) is 0 Å². The Hall–Kier alpha value is -0.710. The highest BCUT2D eigenvalue weighted by Crippen LogP contribution is 2.45. The molecule has 0 unspecified atom stereocenters. The topological polar surface area (TPSA) is 40.6 Å². The van der Waals surface area contributed by atoms with Crippen LogP contribution in [0.4, 0.5) is 0 Å². The maximum absolute atomic E-state index is 13.0. The number of carbonyl (C=O) groups is 2. The first kappa shape index (κ1) is 19.6. The van der Waals surface area contributed by atoms with Gasteiger partial charge in [-0.1, -0.05) is 44.9 Å². The molecule has 2 saturated carbocycles. The molecule has 0 aromatic heterocycles. The van der Waals surface area contributed by atoms with Gasteiger partial charge in [0, 0.05) is 37.7 Å². The summed E-state index contributed by atoms with van der Waals surface area (Å²) < 4.78 is 0. The van der Waals surface area contributed by atoms with E-state index in [1.807, 2.05) is 11.8 Å². The van der Waals surface area contributed by atoms with Gasteiger partial charge in [-0.2, -0.15) is 0 Å². The molecule has 4 aliphatic rings. The average Bonchev–Trinajstić information content (AvgIpc) is 3.37. The van der Waals surface area contributed by atoms with Crippen molar-refractivity contribution < 1.29 is 9.59 Å². The Kier molecular flexibility index (Phi) is 6.35. The van der Waals surface area contributed by atoms with Crippen molar-refractivity contribution in [2.45, 2.75) is 88.3 Å². The predicted molar refractivity (Wildman–Crippen MR) is 110 cm³/mol. The lowest BCUT2D eigenvalue weighted by Crippen LogP contribution is -2.54. The first-order valence-corrected chi connectivity index (χ1v) is 12.4. The molecule has 2 aliphatic heterocycles. The third-order valence-electron chi connectivity index (χ3n) is 7.53. The summed E-state index contributed by atoms with van der Waals surface area (Å²) in [4.78, 5) is 30.1. The number of likely N-dealkylation sites (tertiary alicyclic amines) is 1. The average molecular weight is 393 g/mol. The predicted octanol–water partition coefficient (Wildman–Crippen LogP) is 4.43. The van der Waals surface area contributed by atoms with Gasteiger partial charge in [-0.25, -0.2) is 0 Å². The number of piperidine rings is 1. The van der Waals surface area contributed by atoms with E-state index in [0.717, 1.165) is 69.8 Å². The Morgan fingerprint density at radius 1 is 0.889 bits per heavy atom. The van der Waals surface area contributed by atoms with E-state index in [1.165, 1.54) is 44.9 Å². The molecule has 0 radical (unpaired) electrons. The Balaban J connectivity index is 1.30. The van der Waals surface area contributed by atoms with Gasteiger partial charge in [0.15, 0.2) is 0 Å². The van der Waals surface area contributed by atoms with Crippen molar-refractivity contribution in [3.63, 3.8) is 0 Å². The molecule has 0 aromatic carbocycles. The molecule has 2 heterocycles. The second-order valence-corrected chi connectivity index (χ2v) is 10.6. The molecule has 2 amide bonds. The molecule has 4 rings (SSSR count). The van der Waals surface area contributed by atoms with Crippen LogP contribution in [0.3, 0.4) is 0 Å². The number of rotatable bonds is 4. The summed E-state index contributed by atoms with van der Waals surface area (Å²) in [5, 5.41) is 0.